The lowest BCUT2D eigenvalue weighted by molar-refractivity contribution is 0.0222. The molecule has 2 unspecified atom stereocenters. The van der Waals surface area contributed by atoms with Gasteiger partial charge in [0, 0.05) is 12.0 Å². The van der Waals surface area contributed by atoms with E-state index in [0.29, 0.717) is 5.11 Å². The number of benzene rings is 1. The molecule has 2 heterocycles. The van der Waals surface area contributed by atoms with Gasteiger partial charge >= 0.3 is 0 Å². The highest BCUT2D eigenvalue weighted by Crippen LogP contribution is 2.45. The lowest BCUT2D eigenvalue weighted by Gasteiger charge is -2.45. The fraction of sp³-hybridized carbons (Fsp3) is 0.417. The highest BCUT2D eigenvalue weighted by molar-refractivity contribution is 7.80. The zero-order valence-corrected chi connectivity index (χ0v) is 10.6. The van der Waals surface area contributed by atoms with Gasteiger partial charge in [0.1, 0.15) is 0 Å². The first-order valence-electron chi connectivity index (χ1n) is 5.56. The van der Waals surface area contributed by atoms with E-state index in [2.05, 4.69) is 10.6 Å². The van der Waals surface area contributed by atoms with Gasteiger partial charge in [0.2, 0.25) is 0 Å². The standard InChI is InChI=1S/C12H14N2O2S/c1-12-6-8(13-11(17)14-12)7-4-3-5-9(15-2)10(7)16-12/h3-5,8H,6H2,1-2H3,(H2,13,14,17). The lowest BCUT2D eigenvalue weighted by Crippen LogP contribution is -2.62. The zero-order chi connectivity index (χ0) is 12.0. The van der Waals surface area contributed by atoms with Crippen LogP contribution in [0.2, 0.25) is 0 Å². The van der Waals surface area contributed by atoms with Crippen molar-refractivity contribution in [2.75, 3.05) is 7.11 Å². The summed E-state index contributed by atoms with van der Waals surface area (Å²) in [6.07, 6.45) is 0.841. The maximum absolute atomic E-state index is 6.02. The van der Waals surface area contributed by atoms with Crippen molar-refractivity contribution < 1.29 is 9.47 Å². The molecule has 0 radical (unpaired) electrons. The average molecular weight is 250 g/mol. The van der Waals surface area contributed by atoms with E-state index in [9.17, 15) is 0 Å². The minimum absolute atomic E-state index is 0.188. The van der Waals surface area contributed by atoms with Gasteiger partial charge in [0.25, 0.3) is 0 Å². The number of para-hydroxylation sites is 1. The number of nitrogens with one attached hydrogen (secondary N) is 2. The zero-order valence-electron chi connectivity index (χ0n) is 9.74. The van der Waals surface area contributed by atoms with E-state index in [4.69, 9.17) is 21.7 Å². The van der Waals surface area contributed by atoms with Crippen LogP contribution in [0.4, 0.5) is 0 Å². The predicted octanol–water partition coefficient (Wildman–Crippen LogP) is 1.71. The molecule has 90 valence electrons. The Balaban J connectivity index is 2.12. The highest BCUT2D eigenvalue weighted by atomic mass is 32.1. The number of methoxy groups -OCH3 is 1. The predicted molar refractivity (Wildman–Crippen MR) is 68.3 cm³/mol. The third kappa shape index (κ3) is 1.61. The maximum atomic E-state index is 6.02. The molecular weight excluding hydrogens is 236 g/mol. The molecule has 2 N–H and O–H groups in total. The van der Waals surface area contributed by atoms with Crippen LogP contribution >= 0.6 is 12.2 Å². The van der Waals surface area contributed by atoms with E-state index >= 15 is 0 Å². The summed E-state index contributed by atoms with van der Waals surface area (Å²) in [5.74, 6) is 1.56. The van der Waals surface area contributed by atoms with Gasteiger partial charge in [-0.25, -0.2) is 0 Å². The van der Waals surface area contributed by atoms with E-state index in [1.165, 1.54) is 0 Å². The van der Waals surface area contributed by atoms with Gasteiger partial charge < -0.3 is 20.1 Å². The molecule has 1 aromatic rings. The third-order valence-corrected chi connectivity index (χ3v) is 3.43. The van der Waals surface area contributed by atoms with Crippen LogP contribution in [0.15, 0.2) is 18.2 Å². The van der Waals surface area contributed by atoms with E-state index < -0.39 is 5.72 Å². The summed E-state index contributed by atoms with van der Waals surface area (Å²) >= 11 is 5.19. The van der Waals surface area contributed by atoms with Crippen LogP contribution in [0.1, 0.15) is 24.9 Å². The summed E-state index contributed by atoms with van der Waals surface area (Å²) in [4.78, 5) is 0. The fourth-order valence-electron chi connectivity index (χ4n) is 2.48. The number of hydrogen-bond donors (Lipinski definition) is 2. The molecule has 0 aliphatic carbocycles. The van der Waals surface area contributed by atoms with Crippen molar-refractivity contribution in [3.05, 3.63) is 23.8 Å². The van der Waals surface area contributed by atoms with E-state index in [1.54, 1.807) is 7.11 Å². The maximum Gasteiger partial charge on any atom is 0.182 e. The molecule has 1 fully saturated rings. The molecule has 3 rings (SSSR count). The van der Waals surface area contributed by atoms with Crippen LogP contribution in [0.25, 0.3) is 0 Å². The Labute approximate surface area is 105 Å². The second-order valence-corrected chi connectivity index (χ2v) is 4.97. The molecule has 0 saturated carbocycles. The monoisotopic (exact) mass is 250 g/mol. The second kappa shape index (κ2) is 3.50. The number of fused-ring (bicyclic) bond motifs is 4. The van der Waals surface area contributed by atoms with Gasteiger partial charge in [0.05, 0.1) is 13.2 Å². The van der Waals surface area contributed by atoms with E-state index in [-0.39, 0.29) is 6.04 Å². The molecule has 2 aliphatic heterocycles. The van der Waals surface area contributed by atoms with Crippen molar-refractivity contribution in [3.63, 3.8) is 0 Å². The topological polar surface area (TPSA) is 42.5 Å². The molecule has 0 amide bonds. The SMILES string of the molecule is COc1cccc2c1OC1(C)CC2NC(=S)N1. The Hall–Kier alpha value is -1.49. The molecular formula is C12H14N2O2S. The van der Waals surface area contributed by atoms with Gasteiger partial charge in [-0.1, -0.05) is 12.1 Å². The van der Waals surface area contributed by atoms with Crippen LogP contribution in [0.5, 0.6) is 11.5 Å². The molecule has 5 heteroatoms. The second-order valence-electron chi connectivity index (χ2n) is 4.57. The van der Waals surface area contributed by atoms with Gasteiger partial charge in [0.15, 0.2) is 22.3 Å². The van der Waals surface area contributed by atoms with Crippen molar-refractivity contribution in [1.29, 1.82) is 0 Å². The molecule has 2 atom stereocenters. The molecule has 2 aliphatic rings. The summed E-state index contributed by atoms with van der Waals surface area (Å²) in [7, 11) is 1.65. The van der Waals surface area contributed by atoms with Crippen molar-refractivity contribution in [1.82, 2.24) is 10.6 Å². The summed E-state index contributed by atoms with van der Waals surface area (Å²) < 4.78 is 11.4. The minimum Gasteiger partial charge on any atom is -0.493 e. The molecule has 1 saturated heterocycles. The Bertz CT molecular complexity index is 491. The number of ether oxygens (including phenoxy) is 2. The Morgan fingerprint density at radius 2 is 2.35 bits per heavy atom. The van der Waals surface area contributed by atoms with Crippen molar-refractivity contribution >= 4 is 17.3 Å². The number of hydrogen-bond acceptors (Lipinski definition) is 3. The molecule has 0 aromatic heterocycles. The summed E-state index contributed by atoms with van der Waals surface area (Å²) in [6, 6.07) is 6.11. The van der Waals surface area contributed by atoms with Crippen LogP contribution in [-0.2, 0) is 0 Å². The van der Waals surface area contributed by atoms with Gasteiger partial charge in [-0.2, -0.15) is 0 Å². The molecule has 17 heavy (non-hydrogen) atoms. The summed E-state index contributed by atoms with van der Waals surface area (Å²) in [5, 5.41) is 7.06. The van der Waals surface area contributed by atoms with Crippen LogP contribution in [0.3, 0.4) is 0 Å². The number of thiocarbonyl (C=S) groups is 1. The first kappa shape index (κ1) is 10.7. The van der Waals surface area contributed by atoms with Crippen LogP contribution < -0.4 is 20.1 Å². The van der Waals surface area contributed by atoms with Crippen molar-refractivity contribution in [2.45, 2.75) is 25.1 Å². The van der Waals surface area contributed by atoms with Crippen molar-refractivity contribution in [3.8, 4) is 11.5 Å². The van der Waals surface area contributed by atoms with Crippen LogP contribution in [0, 0.1) is 0 Å². The third-order valence-electron chi connectivity index (χ3n) is 3.21. The smallest absolute Gasteiger partial charge is 0.182 e. The Morgan fingerprint density at radius 1 is 1.53 bits per heavy atom. The van der Waals surface area contributed by atoms with E-state index in [0.717, 1.165) is 23.5 Å². The molecule has 0 spiro atoms. The first-order chi connectivity index (χ1) is 8.11. The van der Waals surface area contributed by atoms with Crippen LogP contribution in [-0.4, -0.2) is 17.9 Å². The summed E-state index contributed by atoms with van der Waals surface area (Å²) in [6.45, 7) is 2.00. The number of rotatable bonds is 1. The first-order valence-corrected chi connectivity index (χ1v) is 5.97. The van der Waals surface area contributed by atoms with Gasteiger partial charge in [-0.15, -0.1) is 0 Å². The summed E-state index contributed by atoms with van der Waals surface area (Å²) in [5.41, 5.74) is 0.653. The molecule has 4 nitrogen and oxygen atoms in total. The Morgan fingerprint density at radius 3 is 3.12 bits per heavy atom. The molecule has 1 aromatic carbocycles. The normalized spacial score (nSPS) is 29.5. The van der Waals surface area contributed by atoms with Gasteiger partial charge in [-0.3, -0.25) is 0 Å². The van der Waals surface area contributed by atoms with E-state index in [1.807, 2.05) is 25.1 Å². The minimum atomic E-state index is -0.450. The average Bonchev–Trinajstić information content (AvgIpc) is 2.26. The highest BCUT2D eigenvalue weighted by Gasteiger charge is 2.43. The molecule has 2 bridgehead atoms. The lowest BCUT2D eigenvalue weighted by atomic mass is 9.92. The fourth-order valence-corrected chi connectivity index (χ4v) is 2.84. The van der Waals surface area contributed by atoms with Crippen molar-refractivity contribution in [2.24, 2.45) is 0 Å². The largest absolute Gasteiger partial charge is 0.493 e. The quantitative estimate of drug-likeness (QED) is 0.743. The van der Waals surface area contributed by atoms with Gasteiger partial charge in [-0.05, 0) is 25.2 Å². The Kier molecular flexibility index (Phi) is 2.19.